The lowest BCUT2D eigenvalue weighted by Gasteiger charge is -2.16. The number of nitrogens with one attached hydrogen (secondary N) is 1. The molecular weight excluding hydrogens is 308 g/mol. The standard InChI is InChI=1S/C12H16N4O2S.CH2O2/c13-12-14-8(6-19-12)1-2-11(18)16-4-7-3-10(17)15-9(7)5-16;2-1-3/h6-7,9H,1-5H2,(H2,13,14)(H,15,17);1H,(H,2,3)/t7-,9+;/m0./s1. The van der Waals surface area contributed by atoms with E-state index in [-0.39, 0.29) is 24.3 Å². The summed E-state index contributed by atoms with van der Waals surface area (Å²) in [7, 11) is 0. The first-order valence-electron chi connectivity index (χ1n) is 6.88. The van der Waals surface area contributed by atoms with Crippen LogP contribution in [-0.4, -0.2) is 52.4 Å². The van der Waals surface area contributed by atoms with Crippen LogP contribution in [0, 0.1) is 5.92 Å². The number of fused-ring (bicyclic) bond motifs is 1. The van der Waals surface area contributed by atoms with Gasteiger partial charge in [-0.2, -0.15) is 0 Å². The fourth-order valence-electron chi connectivity index (χ4n) is 2.78. The Morgan fingerprint density at radius 3 is 2.91 bits per heavy atom. The fourth-order valence-corrected chi connectivity index (χ4v) is 3.38. The zero-order chi connectivity index (χ0) is 16.1. The van der Waals surface area contributed by atoms with E-state index < -0.39 is 0 Å². The first-order chi connectivity index (χ1) is 10.5. The van der Waals surface area contributed by atoms with Gasteiger partial charge in [-0.25, -0.2) is 4.98 Å². The van der Waals surface area contributed by atoms with Crippen LogP contribution >= 0.6 is 11.3 Å². The number of aryl methyl sites for hydroxylation is 1. The first kappa shape index (κ1) is 16.2. The third-order valence-corrected chi connectivity index (χ3v) is 4.47. The van der Waals surface area contributed by atoms with Crippen LogP contribution in [-0.2, 0) is 20.8 Å². The molecule has 0 spiro atoms. The van der Waals surface area contributed by atoms with Crippen molar-refractivity contribution in [1.29, 1.82) is 0 Å². The Labute approximate surface area is 131 Å². The van der Waals surface area contributed by atoms with E-state index in [1.807, 2.05) is 10.3 Å². The maximum atomic E-state index is 12.1. The number of nitrogens with zero attached hydrogens (tertiary/aromatic N) is 2. The van der Waals surface area contributed by atoms with Gasteiger partial charge in [-0.3, -0.25) is 14.4 Å². The average Bonchev–Trinajstić information content (AvgIpc) is 3.11. The highest BCUT2D eigenvalue weighted by atomic mass is 32.1. The van der Waals surface area contributed by atoms with E-state index >= 15 is 0 Å². The molecule has 3 heterocycles. The van der Waals surface area contributed by atoms with Gasteiger partial charge in [-0.1, -0.05) is 0 Å². The van der Waals surface area contributed by atoms with E-state index in [1.54, 1.807) is 0 Å². The molecule has 2 fully saturated rings. The van der Waals surface area contributed by atoms with Crippen molar-refractivity contribution >= 4 is 34.8 Å². The summed E-state index contributed by atoms with van der Waals surface area (Å²) in [4.78, 5) is 37.7. The van der Waals surface area contributed by atoms with Crippen LogP contribution in [0.1, 0.15) is 18.5 Å². The molecule has 0 saturated carbocycles. The Kier molecular flexibility index (Phi) is 5.31. The smallest absolute Gasteiger partial charge is 0.290 e. The Hall–Kier alpha value is -2.16. The molecule has 2 atom stereocenters. The number of rotatable bonds is 3. The molecule has 0 radical (unpaired) electrons. The summed E-state index contributed by atoms with van der Waals surface area (Å²) in [5.41, 5.74) is 6.43. The molecule has 2 aliphatic rings. The Morgan fingerprint density at radius 1 is 1.59 bits per heavy atom. The lowest BCUT2D eigenvalue weighted by atomic mass is 10.1. The van der Waals surface area contributed by atoms with Crippen LogP contribution in [0.4, 0.5) is 5.13 Å². The van der Waals surface area contributed by atoms with Crippen molar-refractivity contribution in [3.05, 3.63) is 11.1 Å². The van der Waals surface area contributed by atoms with Gasteiger partial charge in [0.15, 0.2) is 5.13 Å². The maximum Gasteiger partial charge on any atom is 0.290 e. The minimum atomic E-state index is -0.250. The number of anilines is 1. The summed E-state index contributed by atoms with van der Waals surface area (Å²) in [6.07, 6.45) is 1.64. The summed E-state index contributed by atoms with van der Waals surface area (Å²) in [6, 6.07) is 0.159. The van der Waals surface area contributed by atoms with E-state index in [2.05, 4.69) is 10.3 Å². The molecular formula is C13H18N4O4S. The predicted octanol–water partition coefficient (Wildman–Crippen LogP) is -0.294. The SMILES string of the molecule is Nc1nc(CCC(=O)N2C[C@@H]3CC(=O)N[C@@H]3C2)cs1.O=CO. The zero-order valence-corrected chi connectivity index (χ0v) is 12.7. The van der Waals surface area contributed by atoms with Gasteiger partial charge in [0.2, 0.25) is 11.8 Å². The van der Waals surface area contributed by atoms with E-state index in [0.717, 1.165) is 5.69 Å². The molecule has 0 bridgehead atoms. The molecule has 0 aliphatic carbocycles. The number of likely N-dealkylation sites (tertiary alicyclic amines) is 1. The molecule has 2 amide bonds. The number of amides is 2. The highest BCUT2D eigenvalue weighted by Gasteiger charge is 2.41. The van der Waals surface area contributed by atoms with E-state index in [9.17, 15) is 9.59 Å². The highest BCUT2D eigenvalue weighted by Crippen LogP contribution is 2.26. The molecule has 9 heteroatoms. The Balaban J connectivity index is 0.000000545. The lowest BCUT2D eigenvalue weighted by molar-refractivity contribution is -0.131. The van der Waals surface area contributed by atoms with Gasteiger partial charge in [0, 0.05) is 37.2 Å². The summed E-state index contributed by atoms with van der Waals surface area (Å²) >= 11 is 1.40. The molecule has 4 N–H and O–H groups in total. The van der Waals surface area contributed by atoms with Crippen LogP contribution in [0.15, 0.2) is 5.38 Å². The molecule has 120 valence electrons. The summed E-state index contributed by atoms with van der Waals surface area (Å²) in [6.45, 7) is 1.09. The second kappa shape index (κ2) is 7.21. The normalized spacial score (nSPS) is 22.5. The van der Waals surface area contributed by atoms with Crippen LogP contribution in [0.3, 0.4) is 0 Å². The third kappa shape index (κ3) is 3.94. The Bertz CT molecular complexity index is 546. The van der Waals surface area contributed by atoms with Crippen molar-refractivity contribution in [2.45, 2.75) is 25.3 Å². The molecule has 22 heavy (non-hydrogen) atoms. The van der Waals surface area contributed by atoms with Crippen molar-refractivity contribution in [2.24, 2.45) is 5.92 Å². The van der Waals surface area contributed by atoms with E-state index in [0.29, 0.717) is 43.4 Å². The number of carbonyl (C=O) groups is 3. The number of aromatic nitrogens is 1. The topological polar surface area (TPSA) is 126 Å². The average molecular weight is 326 g/mol. The fraction of sp³-hybridized carbons (Fsp3) is 0.538. The number of carbonyl (C=O) groups excluding carboxylic acids is 2. The molecule has 8 nitrogen and oxygen atoms in total. The first-order valence-corrected chi connectivity index (χ1v) is 7.76. The van der Waals surface area contributed by atoms with Crippen LogP contribution in [0.2, 0.25) is 0 Å². The van der Waals surface area contributed by atoms with Gasteiger partial charge >= 0.3 is 0 Å². The monoisotopic (exact) mass is 326 g/mol. The number of thiazole rings is 1. The van der Waals surface area contributed by atoms with Crippen molar-refractivity contribution in [2.75, 3.05) is 18.8 Å². The maximum absolute atomic E-state index is 12.1. The van der Waals surface area contributed by atoms with Gasteiger partial charge in [0.25, 0.3) is 6.47 Å². The van der Waals surface area contributed by atoms with Gasteiger partial charge in [-0.05, 0) is 6.42 Å². The second-order valence-corrected chi connectivity index (χ2v) is 6.11. The van der Waals surface area contributed by atoms with Crippen LogP contribution in [0.25, 0.3) is 0 Å². The molecule has 2 aliphatic heterocycles. The second-order valence-electron chi connectivity index (χ2n) is 5.22. The summed E-state index contributed by atoms with van der Waals surface area (Å²) in [5.74, 6) is 0.543. The predicted molar refractivity (Wildman–Crippen MR) is 80.2 cm³/mol. The van der Waals surface area contributed by atoms with Crippen LogP contribution < -0.4 is 11.1 Å². The van der Waals surface area contributed by atoms with Gasteiger partial charge in [0.1, 0.15) is 0 Å². The Morgan fingerprint density at radius 2 is 2.32 bits per heavy atom. The third-order valence-electron chi connectivity index (χ3n) is 3.75. The summed E-state index contributed by atoms with van der Waals surface area (Å²) < 4.78 is 0. The molecule has 2 saturated heterocycles. The molecule has 1 aromatic heterocycles. The van der Waals surface area contributed by atoms with Gasteiger partial charge in [-0.15, -0.1) is 11.3 Å². The minimum Gasteiger partial charge on any atom is -0.483 e. The summed E-state index contributed by atoms with van der Waals surface area (Å²) in [5, 5.41) is 12.2. The quantitative estimate of drug-likeness (QED) is 0.655. The minimum absolute atomic E-state index is 0.111. The highest BCUT2D eigenvalue weighted by molar-refractivity contribution is 7.13. The number of hydrogen-bond acceptors (Lipinski definition) is 6. The molecule has 1 aromatic rings. The van der Waals surface area contributed by atoms with Crippen molar-refractivity contribution < 1.29 is 19.5 Å². The lowest BCUT2D eigenvalue weighted by Crippen LogP contribution is -2.35. The number of nitrogen functional groups attached to an aromatic ring is 1. The van der Waals surface area contributed by atoms with E-state index in [1.165, 1.54) is 11.3 Å². The molecule has 0 aromatic carbocycles. The largest absolute Gasteiger partial charge is 0.483 e. The van der Waals surface area contributed by atoms with Gasteiger partial charge < -0.3 is 21.1 Å². The van der Waals surface area contributed by atoms with Crippen LogP contribution in [0.5, 0.6) is 0 Å². The molecule has 0 unspecified atom stereocenters. The zero-order valence-electron chi connectivity index (χ0n) is 11.9. The van der Waals surface area contributed by atoms with Crippen molar-refractivity contribution in [3.8, 4) is 0 Å². The number of hydrogen-bond donors (Lipinski definition) is 3. The van der Waals surface area contributed by atoms with Crippen molar-refractivity contribution in [3.63, 3.8) is 0 Å². The van der Waals surface area contributed by atoms with Crippen molar-refractivity contribution in [1.82, 2.24) is 15.2 Å². The van der Waals surface area contributed by atoms with Gasteiger partial charge in [0.05, 0.1) is 11.7 Å². The number of carboxylic acid groups (broad SMARTS) is 1. The number of nitrogens with two attached hydrogens (primary N) is 1. The van der Waals surface area contributed by atoms with E-state index in [4.69, 9.17) is 15.6 Å². The molecule has 3 rings (SSSR count).